The van der Waals surface area contributed by atoms with Crippen molar-refractivity contribution >= 4 is 29.0 Å². The third-order valence-corrected chi connectivity index (χ3v) is 4.93. The van der Waals surface area contributed by atoms with Crippen LogP contribution in [-0.2, 0) is 4.74 Å². The Morgan fingerprint density at radius 2 is 1.79 bits per heavy atom. The van der Waals surface area contributed by atoms with Gasteiger partial charge >= 0.3 is 5.97 Å². The Morgan fingerprint density at radius 1 is 1.07 bits per heavy atom. The number of aryl methyl sites for hydroxylation is 3. The van der Waals surface area contributed by atoms with Crippen LogP contribution < -0.4 is 10.6 Å². The summed E-state index contributed by atoms with van der Waals surface area (Å²) in [6, 6.07) is 12.0. The van der Waals surface area contributed by atoms with Crippen LogP contribution in [0.2, 0.25) is 0 Å². The minimum atomic E-state index is -0.334. The molecule has 0 saturated heterocycles. The quantitative estimate of drug-likeness (QED) is 0.499. The number of thiocarbonyl (C=S) groups is 1. The molecule has 0 saturated carbocycles. The van der Waals surface area contributed by atoms with E-state index in [1.165, 1.54) is 16.7 Å². The monoisotopic (exact) mass is 398 g/mol. The summed E-state index contributed by atoms with van der Waals surface area (Å²) in [4.78, 5) is 12.0. The van der Waals surface area contributed by atoms with Crippen molar-refractivity contribution in [2.75, 3.05) is 11.9 Å². The van der Waals surface area contributed by atoms with E-state index in [-0.39, 0.29) is 12.0 Å². The molecule has 150 valence electrons. The molecular formula is C23H30N2O2S. The molecule has 0 heterocycles. The topological polar surface area (TPSA) is 50.4 Å². The molecule has 0 aromatic heterocycles. The first-order valence-electron chi connectivity index (χ1n) is 9.65. The zero-order valence-electron chi connectivity index (χ0n) is 17.6. The van der Waals surface area contributed by atoms with Gasteiger partial charge in [0, 0.05) is 5.69 Å². The van der Waals surface area contributed by atoms with Crippen molar-refractivity contribution in [1.29, 1.82) is 0 Å². The normalized spacial score (nSPS) is 11.8. The highest BCUT2D eigenvalue weighted by molar-refractivity contribution is 7.80. The zero-order valence-corrected chi connectivity index (χ0v) is 18.4. The molecule has 2 aromatic rings. The molecule has 5 heteroatoms. The summed E-state index contributed by atoms with van der Waals surface area (Å²) in [5.41, 5.74) is 6.04. The molecule has 0 aliphatic rings. The van der Waals surface area contributed by atoms with E-state index in [1.54, 1.807) is 19.1 Å². The first kappa shape index (κ1) is 21.9. The van der Waals surface area contributed by atoms with Gasteiger partial charge in [0.2, 0.25) is 0 Å². The van der Waals surface area contributed by atoms with E-state index in [2.05, 4.69) is 56.5 Å². The second-order valence-electron chi connectivity index (χ2n) is 7.43. The van der Waals surface area contributed by atoms with Crippen molar-refractivity contribution in [3.05, 3.63) is 64.2 Å². The lowest BCUT2D eigenvalue weighted by Gasteiger charge is -2.26. The number of ether oxygens (including phenoxy) is 1. The maximum absolute atomic E-state index is 12.0. The van der Waals surface area contributed by atoms with Crippen molar-refractivity contribution in [1.82, 2.24) is 5.32 Å². The number of hydrogen-bond acceptors (Lipinski definition) is 3. The SMILES string of the molecule is CCOC(=O)c1ccc(C)c(NC(=S)NC(c2ccc(C)cc2C)C(C)C)c1. The Kier molecular flexibility index (Phi) is 7.58. The Hall–Kier alpha value is -2.40. The van der Waals surface area contributed by atoms with Gasteiger partial charge in [0.1, 0.15) is 0 Å². The summed E-state index contributed by atoms with van der Waals surface area (Å²) in [5, 5.41) is 7.22. The van der Waals surface area contributed by atoms with Gasteiger partial charge in [0.25, 0.3) is 0 Å². The number of carbonyl (C=O) groups excluding carboxylic acids is 1. The number of benzene rings is 2. The van der Waals surface area contributed by atoms with Gasteiger partial charge in [-0.3, -0.25) is 0 Å². The lowest BCUT2D eigenvalue weighted by Crippen LogP contribution is -2.35. The number of esters is 1. The van der Waals surface area contributed by atoms with Gasteiger partial charge in [-0.25, -0.2) is 4.79 Å². The molecule has 2 N–H and O–H groups in total. The minimum Gasteiger partial charge on any atom is -0.462 e. The molecular weight excluding hydrogens is 368 g/mol. The molecule has 1 unspecified atom stereocenters. The van der Waals surface area contributed by atoms with Crippen molar-refractivity contribution < 1.29 is 9.53 Å². The first-order chi connectivity index (χ1) is 13.2. The molecule has 2 aromatic carbocycles. The fourth-order valence-corrected chi connectivity index (χ4v) is 3.41. The van der Waals surface area contributed by atoms with Crippen LogP contribution in [0.25, 0.3) is 0 Å². The van der Waals surface area contributed by atoms with Crippen LogP contribution in [-0.4, -0.2) is 17.7 Å². The highest BCUT2D eigenvalue weighted by Gasteiger charge is 2.19. The predicted octanol–water partition coefficient (Wildman–Crippen LogP) is 5.47. The van der Waals surface area contributed by atoms with E-state index in [0.29, 0.717) is 23.2 Å². The number of nitrogens with one attached hydrogen (secondary N) is 2. The smallest absolute Gasteiger partial charge is 0.338 e. The van der Waals surface area contributed by atoms with Gasteiger partial charge in [-0.1, -0.05) is 43.7 Å². The largest absolute Gasteiger partial charge is 0.462 e. The number of carbonyl (C=O) groups is 1. The van der Waals surface area contributed by atoms with E-state index in [4.69, 9.17) is 17.0 Å². The summed E-state index contributed by atoms with van der Waals surface area (Å²) in [6.45, 7) is 12.7. The predicted molar refractivity (Wildman–Crippen MR) is 120 cm³/mol. The Balaban J connectivity index is 2.19. The Bertz CT molecular complexity index is 862. The average Bonchev–Trinajstić information content (AvgIpc) is 2.62. The maximum Gasteiger partial charge on any atom is 0.338 e. The average molecular weight is 399 g/mol. The lowest BCUT2D eigenvalue weighted by atomic mass is 9.92. The van der Waals surface area contributed by atoms with Crippen LogP contribution in [0.1, 0.15) is 59.4 Å². The molecule has 1 atom stereocenters. The molecule has 0 radical (unpaired) electrons. The lowest BCUT2D eigenvalue weighted by molar-refractivity contribution is 0.0526. The van der Waals surface area contributed by atoms with Gasteiger partial charge in [0.05, 0.1) is 18.2 Å². The Labute approximate surface area is 173 Å². The maximum atomic E-state index is 12.0. The van der Waals surface area contributed by atoms with Crippen molar-refractivity contribution in [2.45, 2.75) is 47.6 Å². The summed E-state index contributed by atoms with van der Waals surface area (Å²) < 4.78 is 5.09. The van der Waals surface area contributed by atoms with E-state index < -0.39 is 0 Å². The van der Waals surface area contributed by atoms with Crippen LogP contribution >= 0.6 is 12.2 Å². The molecule has 4 nitrogen and oxygen atoms in total. The molecule has 28 heavy (non-hydrogen) atoms. The number of hydrogen-bond donors (Lipinski definition) is 2. The number of anilines is 1. The second kappa shape index (κ2) is 9.69. The van der Waals surface area contributed by atoms with Crippen molar-refractivity contribution in [2.24, 2.45) is 5.92 Å². The second-order valence-corrected chi connectivity index (χ2v) is 7.84. The minimum absolute atomic E-state index is 0.0918. The van der Waals surface area contributed by atoms with Gasteiger partial charge in [-0.15, -0.1) is 0 Å². The molecule has 0 fully saturated rings. The summed E-state index contributed by atoms with van der Waals surface area (Å²) in [5.74, 6) is 0.0212. The van der Waals surface area contributed by atoms with E-state index >= 15 is 0 Å². The van der Waals surface area contributed by atoms with E-state index in [1.807, 2.05) is 13.0 Å². The molecule has 2 rings (SSSR count). The fraction of sp³-hybridized carbons (Fsp3) is 0.391. The summed E-state index contributed by atoms with van der Waals surface area (Å²) in [6.07, 6.45) is 0. The standard InChI is InChI=1S/C23H30N2O2S/c1-7-27-22(26)18-10-9-16(5)20(13-18)24-23(28)25-21(14(2)3)19-11-8-15(4)12-17(19)6/h8-14,21H,7H2,1-6H3,(H2,24,25,28). The van der Waals surface area contributed by atoms with Gasteiger partial charge in [0.15, 0.2) is 5.11 Å². The van der Waals surface area contributed by atoms with E-state index in [0.717, 1.165) is 11.3 Å². The summed E-state index contributed by atoms with van der Waals surface area (Å²) in [7, 11) is 0. The highest BCUT2D eigenvalue weighted by Crippen LogP contribution is 2.26. The van der Waals surface area contributed by atoms with Crippen molar-refractivity contribution in [3.8, 4) is 0 Å². The molecule has 0 spiro atoms. The van der Waals surface area contributed by atoms with Gasteiger partial charge in [-0.05, 0) is 74.7 Å². The number of rotatable bonds is 6. The third kappa shape index (κ3) is 5.55. The van der Waals surface area contributed by atoms with Crippen molar-refractivity contribution in [3.63, 3.8) is 0 Å². The molecule has 0 aliphatic carbocycles. The van der Waals surface area contributed by atoms with Crippen LogP contribution in [0.4, 0.5) is 5.69 Å². The fourth-order valence-electron chi connectivity index (χ4n) is 3.18. The molecule has 0 bridgehead atoms. The summed E-state index contributed by atoms with van der Waals surface area (Å²) >= 11 is 5.58. The van der Waals surface area contributed by atoms with E-state index in [9.17, 15) is 4.79 Å². The van der Waals surface area contributed by atoms with Crippen LogP contribution in [0, 0.1) is 26.7 Å². The van der Waals surface area contributed by atoms with Gasteiger partial charge < -0.3 is 15.4 Å². The zero-order chi connectivity index (χ0) is 20.8. The van der Waals surface area contributed by atoms with Crippen LogP contribution in [0.5, 0.6) is 0 Å². The molecule has 0 amide bonds. The van der Waals surface area contributed by atoms with Gasteiger partial charge in [-0.2, -0.15) is 0 Å². The Morgan fingerprint density at radius 3 is 2.39 bits per heavy atom. The van der Waals surface area contributed by atoms with Crippen LogP contribution in [0.3, 0.4) is 0 Å². The molecule has 0 aliphatic heterocycles. The van der Waals surface area contributed by atoms with Crippen LogP contribution in [0.15, 0.2) is 36.4 Å². The highest BCUT2D eigenvalue weighted by atomic mass is 32.1. The first-order valence-corrected chi connectivity index (χ1v) is 10.1. The third-order valence-electron chi connectivity index (χ3n) is 4.71.